The average Bonchev–Trinajstić information content (AvgIpc) is 2.61. The summed E-state index contributed by atoms with van der Waals surface area (Å²) in [4.78, 5) is 0. The molecule has 0 amide bonds. The van der Waals surface area contributed by atoms with Gasteiger partial charge >= 0.3 is 0 Å². The third-order valence-corrected chi connectivity index (χ3v) is 3.29. The van der Waals surface area contributed by atoms with Gasteiger partial charge in [-0.05, 0) is 25.0 Å². The second-order valence-corrected chi connectivity index (χ2v) is 4.60. The predicted octanol–water partition coefficient (Wildman–Crippen LogP) is 2.58. The fourth-order valence-electron chi connectivity index (χ4n) is 2.33. The minimum atomic E-state index is -0.0105. The van der Waals surface area contributed by atoms with Crippen molar-refractivity contribution in [2.75, 3.05) is 0 Å². The first-order valence-electron chi connectivity index (χ1n) is 6.30. The van der Waals surface area contributed by atoms with E-state index in [9.17, 15) is 0 Å². The van der Waals surface area contributed by atoms with Crippen LogP contribution < -0.4 is 5.32 Å². The maximum Gasteiger partial charge on any atom is 0.129 e. The molecule has 2 rings (SSSR count). The van der Waals surface area contributed by atoms with Gasteiger partial charge in [-0.25, -0.2) is 0 Å². The Hall–Kier alpha value is -0.800. The number of rotatable bonds is 4. The molecule has 0 unspecified atom stereocenters. The summed E-state index contributed by atoms with van der Waals surface area (Å²) in [5.74, 6) is 1.57. The van der Waals surface area contributed by atoms with Crippen molar-refractivity contribution in [1.82, 2.24) is 5.32 Å². The van der Waals surface area contributed by atoms with Crippen molar-refractivity contribution in [1.29, 1.82) is 0 Å². The smallest absolute Gasteiger partial charge is 0.129 e. The summed E-state index contributed by atoms with van der Waals surface area (Å²) in [6, 6.07) is 4.42. The lowest BCUT2D eigenvalue weighted by atomic mass is 10.1. The standard InChI is InChI=1S/C13H21NO2/c15-10-13-8-7-12(16-13)9-14-11-5-3-1-2-4-6-11/h7-8,11,14-15H,1-6,9-10H2. The number of aliphatic hydroxyl groups excluding tert-OH is 1. The Bertz CT molecular complexity index is 301. The first kappa shape index (κ1) is 11.7. The Morgan fingerprint density at radius 2 is 1.81 bits per heavy atom. The van der Waals surface area contributed by atoms with Crippen LogP contribution in [0.25, 0.3) is 0 Å². The molecule has 0 aliphatic heterocycles. The van der Waals surface area contributed by atoms with Gasteiger partial charge < -0.3 is 14.8 Å². The summed E-state index contributed by atoms with van der Waals surface area (Å²) >= 11 is 0. The molecule has 0 saturated heterocycles. The van der Waals surface area contributed by atoms with Gasteiger partial charge in [-0.15, -0.1) is 0 Å². The van der Waals surface area contributed by atoms with E-state index < -0.39 is 0 Å². The Balaban J connectivity index is 1.77. The third kappa shape index (κ3) is 3.35. The number of furan rings is 1. The van der Waals surface area contributed by atoms with Crippen LogP contribution in [0.4, 0.5) is 0 Å². The SMILES string of the molecule is OCc1ccc(CNC2CCCCCC2)o1. The zero-order valence-corrected chi connectivity index (χ0v) is 9.74. The van der Waals surface area contributed by atoms with Crippen molar-refractivity contribution in [3.05, 3.63) is 23.7 Å². The molecule has 0 atom stereocenters. The van der Waals surface area contributed by atoms with E-state index in [1.54, 1.807) is 0 Å². The van der Waals surface area contributed by atoms with Crippen LogP contribution in [-0.4, -0.2) is 11.1 Å². The molecule has 1 fully saturated rings. The number of hydrogen-bond acceptors (Lipinski definition) is 3. The van der Waals surface area contributed by atoms with Gasteiger partial charge in [-0.2, -0.15) is 0 Å². The molecule has 1 saturated carbocycles. The van der Waals surface area contributed by atoms with E-state index >= 15 is 0 Å². The summed E-state index contributed by atoms with van der Waals surface area (Å²) in [6.07, 6.45) is 8.03. The van der Waals surface area contributed by atoms with Crippen LogP contribution in [0.1, 0.15) is 50.0 Å². The zero-order valence-electron chi connectivity index (χ0n) is 9.74. The number of nitrogens with one attached hydrogen (secondary N) is 1. The zero-order chi connectivity index (χ0) is 11.2. The molecule has 1 aliphatic carbocycles. The molecule has 1 heterocycles. The highest BCUT2D eigenvalue weighted by molar-refractivity contribution is 5.06. The van der Waals surface area contributed by atoms with Gasteiger partial charge in [0.15, 0.2) is 0 Å². The maximum atomic E-state index is 8.89. The fourth-order valence-corrected chi connectivity index (χ4v) is 2.33. The van der Waals surface area contributed by atoms with E-state index in [0.29, 0.717) is 11.8 Å². The molecule has 1 aromatic heterocycles. The van der Waals surface area contributed by atoms with Gasteiger partial charge in [0.1, 0.15) is 18.1 Å². The van der Waals surface area contributed by atoms with E-state index in [4.69, 9.17) is 9.52 Å². The molecule has 0 spiro atoms. The minimum absolute atomic E-state index is 0.0105. The molecule has 3 heteroatoms. The highest BCUT2D eigenvalue weighted by Gasteiger charge is 2.12. The van der Waals surface area contributed by atoms with E-state index in [-0.39, 0.29) is 6.61 Å². The molecule has 3 nitrogen and oxygen atoms in total. The van der Waals surface area contributed by atoms with Gasteiger partial charge in [-0.3, -0.25) is 0 Å². The molecular formula is C13H21NO2. The van der Waals surface area contributed by atoms with Crippen LogP contribution in [0.2, 0.25) is 0 Å². The van der Waals surface area contributed by atoms with Gasteiger partial charge in [0.05, 0.1) is 6.54 Å². The first-order chi connectivity index (χ1) is 7.88. The van der Waals surface area contributed by atoms with Gasteiger partial charge in [-0.1, -0.05) is 25.7 Å². The van der Waals surface area contributed by atoms with Crippen molar-refractivity contribution in [2.45, 2.75) is 57.7 Å². The lowest BCUT2D eigenvalue weighted by Gasteiger charge is -2.14. The number of aliphatic hydroxyl groups is 1. The Morgan fingerprint density at radius 1 is 1.12 bits per heavy atom. The quantitative estimate of drug-likeness (QED) is 0.771. The van der Waals surface area contributed by atoms with Crippen LogP contribution in [-0.2, 0) is 13.2 Å². The fraction of sp³-hybridized carbons (Fsp3) is 0.692. The van der Waals surface area contributed by atoms with Gasteiger partial charge in [0.25, 0.3) is 0 Å². The molecular weight excluding hydrogens is 202 g/mol. The van der Waals surface area contributed by atoms with Crippen molar-refractivity contribution in [2.24, 2.45) is 0 Å². The highest BCUT2D eigenvalue weighted by atomic mass is 16.4. The third-order valence-electron chi connectivity index (χ3n) is 3.29. The van der Waals surface area contributed by atoms with Crippen LogP contribution in [0, 0.1) is 0 Å². The van der Waals surface area contributed by atoms with Crippen LogP contribution in [0.3, 0.4) is 0 Å². The Kier molecular flexibility index (Phi) is 4.43. The first-order valence-corrected chi connectivity index (χ1v) is 6.30. The average molecular weight is 223 g/mol. The second kappa shape index (κ2) is 6.06. The summed E-state index contributed by atoms with van der Waals surface area (Å²) in [6.45, 7) is 0.772. The van der Waals surface area contributed by atoms with Crippen LogP contribution in [0.5, 0.6) is 0 Å². The second-order valence-electron chi connectivity index (χ2n) is 4.60. The molecule has 0 bridgehead atoms. The van der Waals surface area contributed by atoms with E-state index in [0.717, 1.165) is 12.3 Å². The Morgan fingerprint density at radius 3 is 2.44 bits per heavy atom. The van der Waals surface area contributed by atoms with Crippen molar-refractivity contribution in [3.8, 4) is 0 Å². The van der Waals surface area contributed by atoms with Crippen molar-refractivity contribution < 1.29 is 9.52 Å². The maximum absolute atomic E-state index is 8.89. The molecule has 0 radical (unpaired) electrons. The normalized spacial score (nSPS) is 18.6. The monoisotopic (exact) mass is 223 g/mol. The molecule has 0 aromatic carbocycles. The lowest BCUT2D eigenvalue weighted by Crippen LogP contribution is -2.27. The van der Waals surface area contributed by atoms with E-state index in [1.165, 1.54) is 38.5 Å². The number of hydrogen-bond donors (Lipinski definition) is 2. The molecule has 2 N–H and O–H groups in total. The summed E-state index contributed by atoms with van der Waals surface area (Å²) in [5, 5.41) is 12.4. The van der Waals surface area contributed by atoms with Crippen LogP contribution >= 0.6 is 0 Å². The molecule has 16 heavy (non-hydrogen) atoms. The summed E-state index contributed by atoms with van der Waals surface area (Å²) in [7, 11) is 0. The minimum Gasteiger partial charge on any atom is -0.462 e. The topological polar surface area (TPSA) is 45.4 Å². The molecule has 90 valence electrons. The van der Waals surface area contributed by atoms with Gasteiger partial charge in [0.2, 0.25) is 0 Å². The summed E-state index contributed by atoms with van der Waals surface area (Å²) < 4.78 is 5.44. The lowest BCUT2D eigenvalue weighted by molar-refractivity contribution is 0.242. The molecule has 1 aromatic rings. The van der Waals surface area contributed by atoms with Crippen molar-refractivity contribution in [3.63, 3.8) is 0 Å². The summed E-state index contributed by atoms with van der Waals surface area (Å²) in [5.41, 5.74) is 0. The highest BCUT2D eigenvalue weighted by Crippen LogP contribution is 2.18. The van der Waals surface area contributed by atoms with Crippen molar-refractivity contribution >= 4 is 0 Å². The van der Waals surface area contributed by atoms with E-state index in [2.05, 4.69) is 5.32 Å². The molecule has 1 aliphatic rings. The predicted molar refractivity (Wildman–Crippen MR) is 63.0 cm³/mol. The van der Waals surface area contributed by atoms with Gasteiger partial charge in [0, 0.05) is 6.04 Å². The van der Waals surface area contributed by atoms with Crippen LogP contribution in [0.15, 0.2) is 16.5 Å². The largest absolute Gasteiger partial charge is 0.462 e. The van der Waals surface area contributed by atoms with E-state index in [1.807, 2.05) is 12.1 Å². The Labute approximate surface area is 96.8 Å².